The molecule has 1 aromatic rings. The van der Waals surface area contributed by atoms with Crippen molar-refractivity contribution in [3.63, 3.8) is 0 Å². The van der Waals surface area contributed by atoms with Gasteiger partial charge in [-0.2, -0.15) is 0 Å². The maximum atomic E-state index is 12.9. The van der Waals surface area contributed by atoms with Gasteiger partial charge in [0, 0.05) is 16.7 Å². The number of likely N-dealkylation sites (tertiary alicyclic amines) is 1. The van der Waals surface area contributed by atoms with Crippen LogP contribution >= 0.6 is 23.1 Å². The third kappa shape index (κ3) is 4.36. The van der Waals surface area contributed by atoms with E-state index in [2.05, 4.69) is 15.5 Å². The number of rotatable bonds is 7. The summed E-state index contributed by atoms with van der Waals surface area (Å²) in [7, 11) is 3.06. The Labute approximate surface area is 202 Å². The van der Waals surface area contributed by atoms with Gasteiger partial charge in [-0.1, -0.05) is 5.16 Å². The molecule has 15 heteroatoms. The molecular formula is C19H24N6O7S2. The molecule has 1 aromatic heterocycles. The lowest BCUT2D eigenvalue weighted by Crippen LogP contribution is -2.71. The normalized spacial score (nSPS) is 31.2. The fraction of sp³-hybridized carbons (Fsp3) is 0.526. The van der Waals surface area contributed by atoms with Gasteiger partial charge in [0.25, 0.3) is 11.8 Å². The van der Waals surface area contributed by atoms with E-state index in [-0.39, 0.29) is 52.1 Å². The number of carboxylic acids is 1. The largest absolute Gasteiger partial charge is 0.543 e. The minimum Gasteiger partial charge on any atom is -0.543 e. The number of aromatic nitrogens is 1. The van der Waals surface area contributed by atoms with E-state index in [1.54, 1.807) is 7.05 Å². The van der Waals surface area contributed by atoms with Crippen molar-refractivity contribution in [3.05, 3.63) is 22.3 Å². The summed E-state index contributed by atoms with van der Waals surface area (Å²) >= 11 is 2.42. The highest BCUT2D eigenvalue weighted by Crippen LogP contribution is 2.41. The third-order valence-electron chi connectivity index (χ3n) is 5.96. The van der Waals surface area contributed by atoms with E-state index in [0.717, 1.165) is 16.2 Å². The number of quaternary nitrogens is 1. The molecule has 0 bridgehead atoms. The van der Waals surface area contributed by atoms with E-state index in [1.165, 1.54) is 24.3 Å². The summed E-state index contributed by atoms with van der Waals surface area (Å²) in [6.07, 6.45) is -1.80. The van der Waals surface area contributed by atoms with Gasteiger partial charge in [-0.15, -0.1) is 23.1 Å². The summed E-state index contributed by atoms with van der Waals surface area (Å²) in [5.41, 5.74) is 5.89. The van der Waals surface area contributed by atoms with Crippen molar-refractivity contribution < 1.29 is 39.0 Å². The monoisotopic (exact) mass is 512 g/mol. The second kappa shape index (κ2) is 9.14. The van der Waals surface area contributed by atoms with E-state index in [0.29, 0.717) is 5.57 Å². The number of aliphatic hydroxyl groups is 2. The minimum absolute atomic E-state index is 0.164. The van der Waals surface area contributed by atoms with Crippen molar-refractivity contribution >= 4 is 51.7 Å². The number of carbonyl (C=O) groups excluding carboxylic acids is 3. The third-order valence-corrected chi connectivity index (χ3v) is 7.98. The Morgan fingerprint density at radius 1 is 1.41 bits per heavy atom. The lowest BCUT2D eigenvalue weighted by molar-refractivity contribution is -0.895. The van der Waals surface area contributed by atoms with Crippen LogP contribution < -0.4 is 16.2 Å². The van der Waals surface area contributed by atoms with E-state index < -0.39 is 41.4 Å². The van der Waals surface area contributed by atoms with Crippen LogP contribution in [-0.2, 0) is 19.2 Å². The zero-order chi connectivity index (χ0) is 24.8. The molecule has 4 heterocycles. The van der Waals surface area contributed by atoms with Gasteiger partial charge in [0.05, 0.1) is 18.7 Å². The second-order valence-corrected chi connectivity index (χ2v) is 10.6. The van der Waals surface area contributed by atoms with E-state index >= 15 is 0 Å². The summed E-state index contributed by atoms with van der Waals surface area (Å²) in [5, 5.41) is 39.2. The van der Waals surface area contributed by atoms with Crippen molar-refractivity contribution in [2.75, 3.05) is 45.3 Å². The number of β-lactam (4-membered cyclic amide) rings is 1. The number of anilines is 1. The zero-order valence-corrected chi connectivity index (χ0v) is 20.0. The number of nitrogen functional groups attached to an aromatic ring is 1. The molecule has 2 saturated heterocycles. The lowest BCUT2D eigenvalue weighted by Gasteiger charge is -2.51. The quantitative estimate of drug-likeness (QED) is 0.124. The summed E-state index contributed by atoms with van der Waals surface area (Å²) in [6.45, 7) is 0.747. The summed E-state index contributed by atoms with van der Waals surface area (Å²) in [6, 6.07) is -0.980. The average molecular weight is 513 g/mol. The van der Waals surface area contributed by atoms with Gasteiger partial charge in [-0.05, 0) is 0 Å². The Morgan fingerprint density at radius 3 is 2.65 bits per heavy atom. The molecule has 3 aliphatic heterocycles. The van der Waals surface area contributed by atoms with Gasteiger partial charge < -0.3 is 40.5 Å². The molecule has 184 valence electrons. The molecule has 5 N–H and O–H groups in total. The first kappa shape index (κ1) is 24.4. The number of likely N-dealkylation sites (N-methyl/N-ethyl adjacent to an activating group) is 1. The van der Waals surface area contributed by atoms with Crippen LogP contribution in [0.2, 0.25) is 0 Å². The van der Waals surface area contributed by atoms with Gasteiger partial charge in [-0.3, -0.25) is 14.5 Å². The smallest absolute Gasteiger partial charge is 0.276 e. The van der Waals surface area contributed by atoms with Gasteiger partial charge in [0.1, 0.15) is 56.1 Å². The Bertz CT molecular complexity index is 1080. The number of carboxylic acid groups (broad SMARTS) is 1. The van der Waals surface area contributed by atoms with Crippen molar-refractivity contribution in [1.82, 2.24) is 15.2 Å². The summed E-state index contributed by atoms with van der Waals surface area (Å²) < 4.78 is 0.232. The van der Waals surface area contributed by atoms with E-state index in [9.17, 15) is 29.7 Å². The predicted molar refractivity (Wildman–Crippen MR) is 120 cm³/mol. The molecule has 0 saturated carbocycles. The molecule has 4 rings (SSSR count). The molecule has 2 amide bonds. The number of nitrogens with zero attached hydrogens (tertiary/aromatic N) is 4. The Hall–Kier alpha value is -2.72. The molecule has 13 nitrogen and oxygen atoms in total. The lowest BCUT2D eigenvalue weighted by atomic mass is 10.0. The first-order valence-corrected chi connectivity index (χ1v) is 12.2. The van der Waals surface area contributed by atoms with Gasteiger partial charge in [0.2, 0.25) is 0 Å². The molecule has 0 radical (unpaired) electrons. The van der Waals surface area contributed by atoms with Gasteiger partial charge in [-0.25, -0.2) is 4.98 Å². The average Bonchev–Trinajstić information content (AvgIpc) is 3.30. The van der Waals surface area contributed by atoms with Crippen LogP contribution in [0, 0.1) is 0 Å². The van der Waals surface area contributed by atoms with E-state index in [4.69, 9.17) is 10.6 Å². The van der Waals surface area contributed by atoms with Crippen molar-refractivity contribution in [3.8, 4) is 0 Å². The fourth-order valence-electron chi connectivity index (χ4n) is 4.51. The van der Waals surface area contributed by atoms with Crippen LogP contribution in [0.15, 0.2) is 21.8 Å². The Balaban J connectivity index is 1.52. The van der Waals surface area contributed by atoms with Crippen LogP contribution in [0.25, 0.3) is 0 Å². The number of carbonyl (C=O) groups is 3. The Kier molecular flexibility index (Phi) is 6.56. The number of oxime groups is 1. The topological polar surface area (TPSA) is 190 Å². The minimum atomic E-state index is -1.50. The summed E-state index contributed by atoms with van der Waals surface area (Å²) in [5.74, 6) is -2.52. The predicted octanol–water partition coefficient (Wildman–Crippen LogP) is -3.34. The summed E-state index contributed by atoms with van der Waals surface area (Å²) in [4.78, 5) is 47.6. The van der Waals surface area contributed by atoms with Gasteiger partial charge in [0.15, 0.2) is 10.8 Å². The molecule has 0 spiro atoms. The number of thioether (sulfide) groups is 1. The first-order valence-electron chi connectivity index (χ1n) is 10.3. The molecule has 3 aliphatic rings. The van der Waals surface area contributed by atoms with Crippen LogP contribution in [0.3, 0.4) is 0 Å². The molecule has 0 aromatic carbocycles. The second-order valence-electron chi connectivity index (χ2n) is 8.57. The number of aliphatic hydroxyl groups excluding tert-OH is 2. The molecule has 2 unspecified atom stereocenters. The number of aliphatic carboxylic acids is 1. The van der Waals surface area contributed by atoms with Crippen LogP contribution in [0.4, 0.5) is 5.13 Å². The van der Waals surface area contributed by atoms with Crippen LogP contribution in [0.1, 0.15) is 5.69 Å². The molecular weight excluding hydrogens is 488 g/mol. The van der Waals surface area contributed by atoms with Crippen molar-refractivity contribution in [1.29, 1.82) is 0 Å². The number of fused-ring (bicyclic) bond motifs is 1. The highest BCUT2D eigenvalue weighted by molar-refractivity contribution is 8.00. The number of thiazole rings is 1. The number of amides is 2. The Morgan fingerprint density at radius 2 is 2.09 bits per heavy atom. The van der Waals surface area contributed by atoms with Crippen LogP contribution in [-0.4, -0.2) is 111 Å². The van der Waals surface area contributed by atoms with E-state index in [1.807, 2.05) is 0 Å². The number of hydrogen-bond donors (Lipinski definition) is 4. The first-order chi connectivity index (χ1) is 16.0. The van der Waals surface area contributed by atoms with Crippen molar-refractivity contribution in [2.45, 2.75) is 23.6 Å². The number of nitrogens with one attached hydrogen (secondary N) is 1. The molecule has 2 fully saturated rings. The maximum Gasteiger partial charge on any atom is 0.276 e. The highest BCUT2D eigenvalue weighted by atomic mass is 32.2. The molecule has 34 heavy (non-hydrogen) atoms. The van der Waals surface area contributed by atoms with Crippen molar-refractivity contribution in [2.24, 2.45) is 5.16 Å². The molecule has 0 aliphatic carbocycles. The zero-order valence-electron chi connectivity index (χ0n) is 18.3. The standard InChI is InChI=1S/C19H24N6O7S2/c1-25(4-10(26)11(27)5-25)3-8-6-33-17-13(16(29)24(17)14(8)18(30)31)22-15(28)12(23-32-2)9-7-34-19(20)21-9/h7,10-11,13,17,26-27H,3-6H2,1-2H3,(H3-,20,21,22,28,30,31)/b23-12-/t10?,11?,13-,17-,25?/m1/s1. The fourth-order valence-corrected chi connectivity index (χ4v) is 6.39. The number of nitrogens with two attached hydrogens (primary N) is 1. The molecule has 4 atom stereocenters. The van der Waals surface area contributed by atoms with Gasteiger partial charge >= 0.3 is 0 Å². The maximum absolute atomic E-state index is 12.9. The SMILES string of the molecule is CO/N=C(\C(=O)N[C@@H]1C(=O)N2C(C(=O)[O-])=C(C[N+]3(C)CC(O)C(O)C3)CS[C@H]12)c1csc(N)n1. The number of hydrogen-bond acceptors (Lipinski definition) is 12. The highest BCUT2D eigenvalue weighted by Gasteiger charge is 2.54. The van der Waals surface area contributed by atoms with Crippen LogP contribution in [0.5, 0.6) is 0 Å².